The molecule has 0 radical (unpaired) electrons. The van der Waals surface area contributed by atoms with Gasteiger partial charge in [0.25, 0.3) is 11.8 Å². The Morgan fingerprint density at radius 1 is 1.21 bits per heavy atom. The quantitative estimate of drug-likeness (QED) is 0.907. The summed E-state index contributed by atoms with van der Waals surface area (Å²) in [5, 5.41) is 6.66. The van der Waals surface area contributed by atoms with Crippen LogP contribution in [0, 0.1) is 13.8 Å². The van der Waals surface area contributed by atoms with E-state index in [1.54, 1.807) is 31.2 Å². The highest BCUT2D eigenvalue weighted by Crippen LogP contribution is 2.01. The summed E-state index contributed by atoms with van der Waals surface area (Å²) in [6.45, 7) is 3.55. The van der Waals surface area contributed by atoms with Crippen LogP contribution in [-0.2, 0) is 0 Å². The van der Waals surface area contributed by atoms with Gasteiger partial charge < -0.3 is 5.32 Å². The summed E-state index contributed by atoms with van der Waals surface area (Å²) in [5.74, 6) is -0.523. The average Bonchev–Trinajstić information content (AvgIpc) is 2.75. The van der Waals surface area contributed by atoms with Crippen LogP contribution in [-0.4, -0.2) is 28.1 Å². The van der Waals surface area contributed by atoms with Gasteiger partial charge in [-0.25, -0.2) is 4.68 Å². The fourth-order valence-electron chi connectivity index (χ4n) is 1.80. The number of carbonyl (C=O) groups excluding carboxylic acids is 2. The molecule has 1 amide bonds. The van der Waals surface area contributed by atoms with E-state index in [0.717, 1.165) is 11.4 Å². The van der Waals surface area contributed by atoms with Crippen LogP contribution in [0.15, 0.2) is 36.4 Å². The van der Waals surface area contributed by atoms with Crippen LogP contribution in [0.3, 0.4) is 0 Å². The largest absolute Gasteiger partial charge is 0.343 e. The number of benzene rings is 1. The summed E-state index contributed by atoms with van der Waals surface area (Å²) < 4.78 is 1.31. The predicted octanol–water partition coefficient (Wildman–Crippen LogP) is 1.57. The van der Waals surface area contributed by atoms with Gasteiger partial charge in [0.2, 0.25) is 0 Å². The van der Waals surface area contributed by atoms with Crippen LogP contribution in [0.25, 0.3) is 0 Å². The highest BCUT2D eigenvalue weighted by molar-refractivity contribution is 5.96. The van der Waals surface area contributed by atoms with E-state index in [1.807, 2.05) is 19.1 Å². The summed E-state index contributed by atoms with van der Waals surface area (Å²) >= 11 is 0. The first-order valence-electron chi connectivity index (χ1n) is 5.97. The van der Waals surface area contributed by atoms with Crippen LogP contribution in [0.5, 0.6) is 0 Å². The van der Waals surface area contributed by atoms with Crippen molar-refractivity contribution in [2.24, 2.45) is 0 Å². The number of rotatable bonds is 3. The molecule has 0 atom stereocenters. The van der Waals surface area contributed by atoms with Gasteiger partial charge in [-0.1, -0.05) is 18.2 Å². The normalized spacial score (nSPS) is 10.2. The minimum absolute atomic E-state index is 0.0737. The lowest BCUT2D eigenvalue weighted by atomic mass is 10.2. The molecule has 0 saturated heterocycles. The molecule has 19 heavy (non-hydrogen) atoms. The minimum atomic E-state index is -0.268. The van der Waals surface area contributed by atoms with Gasteiger partial charge in [0.1, 0.15) is 0 Å². The van der Waals surface area contributed by atoms with E-state index in [4.69, 9.17) is 0 Å². The van der Waals surface area contributed by atoms with E-state index in [0.29, 0.717) is 5.56 Å². The Morgan fingerprint density at radius 2 is 1.89 bits per heavy atom. The number of aromatic nitrogens is 2. The number of hydrogen-bond donors (Lipinski definition) is 1. The van der Waals surface area contributed by atoms with Gasteiger partial charge in [0.15, 0.2) is 0 Å². The molecule has 0 bridgehead atoms. The van der Waals surface area contributed by atoms with Gasteiger partial charge >= 0.3 is 0 Å². The van der Waals surface area contributed by atoms with Crippen LogP contribution >= 0.6 is 0 Å². The number of hydrogen-bond acceptors (Lipinski definition) is 3. The molecule has 0 aliphatic rings. The third-order valence-corrected chi connectivity index (χ3v) is 2.68. The van der Waals surface area contributed by atoms with E-state index in [9.17, 15) is 9.59 Å². The lowest BCUT2D eigenvalue weighted by Gasteiger charge is -2.05. The zero-order valence-corrected chi connectivity index (χ0v) is 10.9. The van der Waals surface area contributed by atoms with Gasteiger partial charge in [-0.15, -0.1) is 0 Å². The average molecular weight is 257 g/mol. The third-order valence-electron chi connectivity index (χ3n) is 2.68. The van der Waals surface area contributed by atoms with Crippen LogP contribution < -0.4 is 5.32 Å². The van der Waals surface area contributed by atoms with Crippen molar-refractivity contribution in [1.82, 2.24) is 15.1 Å². The van der Waals surface area contributed by atoms with Gasteiger partial charge in [0, 0.05) is 11.3 Å². The summed E-state index contributed by atoms with van der Waals surface area (Å²) in [6, 6.07) is 10.6. The molecule has 0 unspecified atom stereocenters. The van der Waals surface area contributed by atoms with Gasteiger partial charge in [-0.05, 0) is 32.0 Å². The van der Waals surface area contributed by atoms with E-state index in [2.05, 4.69) is 10.4 Å². The SMILES string of the molecule is Cc1cc(C)n(C(=O)CNC(=O)c2ccccc2)n1. The van der Waals surface area contributed by atoms with E-state index in [1.165, 1.54) is 4.68 Å². The van der Waals surface area contributed by atoms with E-state index < -0.39 is 0 Å². The number of nitrogens with one attached hydrogen (secondary N) is 1. The zero-order chi connectivity index (χ0) is 13.8. The second kappa shape index (κ2) is 5.48. The molecule has 1 heterocycles. The molecule has 1 aromatic carbocycles. The Balaban J connectivity index is 1.98. The van der Waals surface area contributed by atoms with Crippen molar-refractivity contribution < 1.29 is 9.59 Å². The summed E-state index contributed by atoms with van der Waals surface area (Å²) in [7, 11) is 0. The maximum atomic E-state index is 11.9. The third kappa shape index (κ3) is 3.07. The fraction of sp³-hybridized carbons (Fsp3) is 0.214. The lowest BCUT2D eigenvalue weighted by molar-refractivity contribution is 0.0848. The molecule has 5 nitrogen and oxygen atoms in total. The van der Waals surface area contributed by atoms with Crippen LogP contribution in [0.4, 0.5) is 0 Å². The monoisotopic (exact) mass is 257 g/mol. The van der Waals surface area contributed by atoms with Crippen molar-refractivity contribution >= 4 is 11.8 Å². The topological polar surface area (TPSA) is 64.0 Å². The molecule has 0 spiro atoms. The molecule has 1 N–H and O–H groups in total. The molecule has 2 rings (SSSR count). The highest BCUT2D eigenvalue weighted by atomic mass is 16.2. The van der Waals surface area contributed by atoms with Crippen molar-refractivity contribution in [2.45, 2.75) is 13.8 Å². The zero-order valence-electron chi connectivity index (χ0n) is 10.9. The van der Waals surface area contributed by atoms with Crippen LogP contribution in [0.2, 0.25) is 0 Å². The van der Waals surface area contributed by atoms with Crippen molar-refractivity contribution in [3.8, 4) is 0 Å². The molecule has 0 saturated carbocycles. The minimum Gasteiger partial charge on any atom is -0.343 e. The Morgan fingerprint density at radius 3 is 2.47 bits per heavy atom. The molecule has 0 fully saturated rings. The second-order valence-corrected chi connectivity index (χ2v) is 4.28. The molecular formula is C14H15N3O2. The highest BCUT2D eigenvalue weighted by Gasteiger charge is 2.12. The Bertz CT molecular complexity index is 602. The molecule has 98 valence electrons. The maximum Gasteiger partial charge on any atom is 0.266 e. The first-order valence-corrected chi connectivity index (χ1v) is 5.97. The van der Waals surface area contributed by atoms with Crippen molar-refractivity contribution in [1.29, 1.82) is 0 Å². The van der Waals surface area contributed by atoms with E-state index >= 15 is 0 Å². The molecule has 0 aliphatic carbocycles. The molecule has 2 aromatic rings. The summed E-state index contributed by atoms with van der Waals surface area (Å²) in [5.41, 5.74) is 2.07. The lowest BCUT2D eigenvalue weighted by Crippen LogP contribution is -2.33. The first-order chi connectivity index (χ1) is 9.08. The molecular weight excluding hydrogens is 242 g/mol. The van der Waals surface area contributed by atoms with E-state index in [-0.39, 0.29) is 18.4 Å². The second-order valence-electron chi connectivity index (χ2n) is 4.28. The molecule has 0 aliphatic heterocycles. The summed E-state index contributed by atoms with van der Waals surface area (Å²) in [6.07, 6.45) is 0. The Kier molecular flexibility index (Phi) is 3.75. The van der Waals surface area contributed by atoms with Crippen LogP contribution in [0.1, 0.15) is 26.5 Å². The molecule has 1 aromatic heterocycles. The smallest absolute Gasteiger partial charge is 0.266 e. The first kappa shape index (κ1) is 13.0. The van der Waals surface area contributed by atoms with Crippen molar-refractivity contribution in [2.75, 3.05) is 6.54 Å². The van der Waals surface area contributed by atoms with Crippen molar-refractivity contribution in [3.05, 3.63) is 53.3 Å². The number of nitrogens with zero attached hydrogens (tertiary/aromatic N) is 2. The van der Waals surface area contributed by atoms with Gasteiger partial charge in [-0.2, -0.15) is 5.10 Å². The van der Waals surface area contributed by atoms with Gasteiger partial charge in [-0.3, -0.25) is 9.59 Å². The Labute approximate surface area is 111 Å². The van der Waals surface area contributed by atoms with Crippen molar-refractivity contribution in [3.63, 3.8) is 0 Å². The Hall–Kier alpha value is -2.43. The van der Waals surface area contributed by atoms with Gasteiger partial charge in [0.05, 0.1) is 12.2 Å². The predicted molar refractivity (Wildman–Crippen MR) is 71.1 cm³/mol. The fourth-order valence-corrected chi connectivity index (χ4v) is 1.80. The molecule has 5 heteroatoms. The summed E-state index contributed by atoms with van der Waals surface area (Å²) in [4.78, 5) is 23.7. The maximum absolute atomic E-state index is 11.9. The number of aryl methyl sites for hydroxylation is 2. The number of amides is 1. The standard InChI is InChI=1S/C14H15N3O2/c1-10-8-11(2)17(16-10)13(18)9-15-14(19)12-6-4-3-5-7-12/h3-8H,9H2,1-2H3,(H,15,19). The number of carbonyl (C=O) groups is 2.